The number of nitrogens with two attached hydrogens (primary N) is 1. The highest BCUT2D eigenvalue weighted by Crippen LogP contribution is 2.00. The number of furan rings is 2. The highest BCUT2D eigenvalue weighted by molar-refractivity contribution is 6.41. The Hall–Kier alpha value is -3.16. The van der Waals surface area contributed by atoms with Gasteiger partial charge in [0, 0.05) is 0 Å². The smallest absolute Gasteiger partial charge is 0.380 e. The molecule has 20 heavy (non-hydrogen) atoms. The summed E-state index contributed by atoms with van der Waals surface area (Å²) in [5.41, 5.74) is 4.68. The van der Waals surface area contributed by atoms with Crippen LogP contribution in [0.3, 0.4) is 0 Å². The number of carboxylic acid groups (broad SMARTS) is 1. The van der Waals surface area contributed by atoms with Crippen molar-refractivity contribution >= 4 is 23.4 Å². The fraction of sp³-hybridized carbons (Fsp3) is 0. The first-order valence-electron chi connectivity index (χ1n) is 5.12. The molecule has 2 heterocycles. The molecule has 0 fully saturated rings. The van der Waals surface area contributed by atoms with E-state index in [0.29, 0.717) is 0 Å². The van der Waals surface area contributed by atoms with Crippen LogP contribution in [0, 0.1) is 0 Å². The van der Waals surface area contributed by atoms with Gasteiger partial charge in [0.2, 0.25) is 0 Å². The second-order valence-electron chi connectivity index (χ2n) is 3.28. The molecule has 0 aliphatic rings. The van der Waals surface area contributed by atoms with Crippen molar-refractivity contribution in [1.82, 2.24) is 0 Å². The van der Waals surface area contributed by atoms with Crippen LogP contribution in [0.25, 0.3) is 0 Å². The number of carboxylic acids is 1. The summed E-state index contributed by atoms with van der Waals surface area (Å²) in [6.07, 6.45) is 2.55. The largest absolute Gasteiger partial charge is 0.475 e. The summed E-state index contributed by atoms with van der Waals surface area (Å²) in [6, 6.07) is 5.65. The molecule has 0 spiro atoms. The van der Waals surface area contributed by atoms with Crippen molar-refractivity contribution in [1.29, 1.82) is 0 Å². The van der Waals surface area contributed by atoms with Gasteiger partial charge in [-0.15, -0.1) is 0 Å². The summed E-state index contributed by atoms with van der Waals surface area (Å²) >= 11 is 0. The second kappa shape index (κ2) is 6.69. The van der Waals surface area contributed by atoms with E-state index in [4.69, 9.17) is 5.11 Å². The van der Waals surface area contributed by atoms with Gasteiger partial charge in [-0.05, 0) is 24.3 Å². The molecule has 0 bridgehead atoms. The first-order valence-corrected chi connectivity index (χ1v) is 5.12. The van der Waals surface area contributed by atoms with Crippen molar-refractivity contribution in [3.05, 3.63) is 48.3 Å². The van der Waals surface area contributed by atoms with E-state index < -0.39 is 23.4 Å². The minimum Gasteiger partial charge on any atom is -0.475 e. The molecule has 1 amide bonds. The number of hydrogen-bond acceptors (Lipinski definition) is 6. The van der Waals surface area contributed by atoms with Gasteiger partial charge >= 0.3 is 11.8 Å². The minimum atomic E-state index is -1.50. The van der Waals surface area contributed by atoms with Gasteiger partial charge < -0.3 is 19.7 Å². The van der Waals surface area contributed by atoms with Gasteiger partial charge in [-0.1, -0.05) is 0 Å². The fourth-order valence-corrected chi connectivity index (χ4v) is 1.04. The summed E-state index contributed by atoms with van der Waals surface area (Å²) in [6.45, 7) is 0. The molecule has 2 aromatic rings. The predicted octanol–water partition coefficient (Wildman–Crippen LogP) is 0.494. The molecule has 0 radical (unpaired) electrons. The van der Waals surface area contributed by atoms with E-state index in [2.05, 4.69) is 14.6 Å². The second-order valence-corrected chi connectivity index (χ2v) is 3.28. The lowest BCUT2D eigenvalue weighted by Gasteiger charge is -1.86. The van der Waals surface area contributed by atoms with Crippen LogP contribution in [0.5, 0.6) is 0 Å². The zero-order chi connectivity index (χ0) is 15.1. The van der Waals surface area contributed by atoms with E-state index in [1.165, 1.54) is 36.8 Å². The van der Waals surface area contributed by atoms with E-state index in [1.54, 1.807) is 0 Å². The molecule has 8 nitrogen and oxygen atoms in total. The molecular formula is C12H9NO7. The Bertz CT molecular complexity index is 554. The number of carbonyl (C=O) groups excluding carboxylic acids is 3. The monoisotopic (exact) mass is 279 g/mol. The quantitative estimate of drug-likeness (QED) is 0.612. The fourth-order valence-electron chi connectivity index (χ4n) is 1.04. The zero-order valence-electron chi connectivity index (χ0n) is 9.94. The summed E-state index contributed by atoms with van der Waals surface area (Å²) in [5, 5.41) is 8.14. The number of ketones is 2. The SMILES string of the molecule is NC(=O)C(=O)c1ccco1.O=C(O)C(=O)c1ccco1. The van der Waals surface area contributed by atoms with Crippen LogP contribution in [0.1, 0.15) is 21.1 Å². The highest BCUT2D eigenvalue weighted by atomic mass is 16.4. The average molecular weight is 279 g/mol. The van der Waals surface area contributed by atoms with Crippen molar-refractivity contribution in [2.24, 2.45) is 5.73 Å². The van der Waals surface area contributed by atoms with Crippen LogP contribution >= 0.6 is 0 Å². The zero-order valence-corrected chi connectivity index (χ0v) is 9.94. The van der Waals surface area contributed by atoms with Gasteiger partial charge in [-0.3, -0.25) is 14.4 Å². The lowest BCUT2D eigenvalue weighted by atomic mass is 10.3. The molecule has 2 aromatic heterocycles. The third-order valence-corrected chi connectivity index (χ3v) is 1.91. The number of hydrogen-bond donors (Lipinski definition) is 2. The van der Waals surface area contributed by atoms with E-state index in [1.807, 2.05) is 0 Å². The number of primary amides is 1. The number of rotatable bonds is 4. The lowest BCUT2D eigenvalue weighted by molar-refractivity contribution is -0.132. The molecule has 2 rings (SSSR count). The van der Waals surface area contributed by atoms with Gasteiger partial charge in [-0.2, -0.15) is 0 Å². The van der Waals surface area contributed by atoms with Gasteiger partial charge in [0.05, 0.1) is 12.5 Å². The summed E-state index contributed by atoms with van der Waals surface area (Å²) < 4.78 is 9.13. The van der Waals surface area contributed by atoms with Crippen LogP contribution in [0.15, 0.2) is 45.6 Å². The number of Topliss-reactive ketones (excluding diaryl/α,β-unsaturated/α-hetero) is 2. The third kappa shape index (κ3) is 3.95. The average Bonchev–Trinajstić information content (AvgIpc) is 3.10. The molecule has 0 saturated heterocycles. The normalized spacial score (nSPS) is 9.20. The molecule has 3 N–H and O–H groups in total. The van der Waals surface area contributed by atoms with Crippen LogP contribution < -0.4 is 5.73 Å². The molecule has 0 aliphatic carbocycles. The molecular weight excluding hydrogens is 270 g/mol. The van der Waals surface area contributed by atoms with Crippen molar-refractivity contribution in [2.75, 3.05) is 0 Å². The number of aliphatic carboxylic acids is 1. The molecule has 0 aromatic carbocycles. The van der Waals surface area contributed by atoms with E-state index in [9.17, 15) is 19.2 Å². The van der Waals surface area contributed by atoms with Gasteiger partial charge in [0.1, 0.15) is 0 Å². The molecule has 0 aliphatic heterocycles. The van der Waals surface area contributed by atoms with E-state index in [0.717, 1.165) is 0 Å². The Morgan fingerprint density at radius 2 is 1.35 bits per heavy atom. The Balaban J connectivity index is 0.000000200. The maximum atomic E-state index is 10.6. The molecule has 8 heteroatoms. The van der Waals surface area contributed by atoms with Gasteiger partial charge in [0.15, 0.2) is 11.5 Å². The molecule has 104 valence electrons. The summed E-state index contributed by atoms with van der Waals surface area (Å²) in [7, 11) is 0. The predicted molar refractivity (Wildman–Crippen MR) is 62.9 cm³/mol. The lowest BCUT2D eigenvalue weighted by Crippen LogP contribution is -2.22. The van der Waals surface area contributed by atoms with E-state index in [-0.39, 0.29) is 11.5 Å². The summed E-state index contributed by atoms with van der Waals surface area (Å²) in [5.74, 6) is -4.50. The molecule has 0 atom stereocenters. The van der Waals surface area contributed by atoms with Crippen LogP contribution in [-0.4, -0.2) is 28.5 Å². The van der Waals surface area contributed by atoms with Gasteiger partial charge in [-0.25, -0.2) is 4.79 Å². The maximum Gasteiger partial charge on any atom is 0.380 e. The van der Waals surface area contributed by atoms with Crippen molar-refractivity contribution in [3.63, 3.8) is 0 Å². The summed E-state index contributed by atoms with van der Waals surface area (Å²) in [4.78, 5) is 41.3. The van der Waals surface area contributed by atoms with Crippen LogP contribution in [0.2, 0.25) is 0 Å². The number of amides is 1. The standard InChI is InChI=1S/C6H5NO3.C6H4O4/c7-6(9)5(8)4-2-1-3-10-4;7-5(6(8)9)4-2-1-3-10-4/h1-3H,(H2,7,9);1-3H,(H,8,9). The van der Waals surface area contributed by atoms with Crippen molar-refractivity contribution < 1.29 is 33.1 Å². The highest BCUT2D eigenvalue weighted by Gasteiger charge is 2.16. The molecule has 0 unspecified atom stereocenters. The number of carbonyl (C=O) groups is 4. The maximum absolute atomic E-state index is 10.6. The Kier molecular flexibility index (Phi) is 4.98. The van der Waals surface area contributed by atoms with Crippen LogP contribution in [0.4, 0.5) is 0 Å². The first-order chi connectivity index (χ1) is 9.43. The Labute approximate surface area is 111 Å². The molecule has 0 saturated carbocycles. The Morgan fingerprint density at radius 3 is 1.65 bits per heavy atom. The van der Waals surface area contributed by atoms with Crippen molar-refractivity contribution in [2.45, 2.75) is 0 Å². The van der Waals surface area contributed by atoms with Crippen molar-refractivity contribution in [3.8, 4) is 0 Å². The third-order valence-electron chi connectivity index (χ3n) is 1.91. The topological polar surface area (TPSA) is 141 Å². The first kappa shape index (κ1) is 14.9. The van der Waals surface area contributed by atoms with Crippen LogP contribution in [-0.2, 0) is 9.59 Å². The minimum absolute atomic E-state index is 0.0208. The Morgan fingerprint density at radius 1 is 0.900 bits per heavy atom. The van der Waals surface area contributed by atoms with Gasteiger partial charge in [0.25, 0.3) is 11.7 Å². The van der Waals surface area contributed by atoms with E-state index >= 15 is 0 Å².